The Morgan fingerprint density at radius 2 is 2.14 bits per heavy atom. The average molecular weight is 389 g/mol. The number of carbonyl (C=O) groups excluding carboxylic acids is 1. The highest BCUT2D eigenvalue weighted by atomic mass is 16.2. The lowest BCUT2D eigenvalue weighted by Crippen LogP contribution is -2.32. The van der Waals surface area contributed by atoms with E-state index in [4.69, 9.17) is 5.26 Å². The lowest BCUT2D eigenvalue weighted by Gasteiger charge is -2.13. The highest BCUT2D eigenvalue weighted by Gasteiger charge is 2.28. The van der Waals surface area contributed by atoms with Crippen LogP contribution in [-0.2, 0) is 6.54 Å². The van der Waals surface area contributed by atoms with Gasteiger partial charge in [0.2, 0.25) is 0 Å². The zero-order chi connectivity index (χ0) is 20.5. The van der Waals surface area contributed by atoms with Crippen molar-refractivity contribution in [1.29, 1.82) is 5.26 Å². The van der Waals surface area contributed by atoms with Gasteiger partial charge in [0.1, 0.15) is 0 Å². The Morgan fingerprint density at radius 1 is 1.34 bits per heavy atom. The number of hydrogen-bond donors (Lipinski definition) is 2. The number of fused-ring (bicyclic) bond motifs is 1. The van der Waals surface area contributed by atoms with Gasteiger partial charge in [-0.25, -0.2) is 9.78 Å². The number of pyridine rings is 1. The topological polar surface area (TPSA) is 121 Å². The Hall–Kier alpha value is -3.73. The largest absolute Gasteiger partial charge is 0.329 e. The summed E-state index contributed by atoms with van der Waals surface area (Å²) in [4.78, 5) is 44.9. The van der Waals surface area contributed by atoms with E-state index in [9.17, 15) is 14.4 Å². The SMILES string of the molecule is CCCn1c(=O)[nH]c(=O)c2c(C(=O)Nc3cccc(C#N)c3)cc(C3CC3)nc21. The molecule has 2 heterocycles. The Labute approximate surface area is 165 Å². The summed E-state index contributed by atoms with van der Waals surface area (Å²) in [5.74, 6) is -0.251. The molecular formula is C21H19N5O3. The number of nitriles is 1. The molecule has 0 spiro atoms. The third-order valence-corrected chi connectivity index (χ3v) is 4.91. The zero-order valence-electron chi connectivity index (χ0n) is 15.9. The molecule has 0 atom stereocenters. The minimum absolute atomic E-state index is 0.0939. The van der Waals surface area contributed by atoms with Crippen molar-refractivity contribution in [2.24, 2.45) is 0 Å². The second-order valence-corrected chi connectivity index (χ2v) is 7.13. The number of H-pyrrole nitrogens is 1. The number of amides is 1. The maximum Gasteiger partial charge on any atom is 0.329 e. The normalized spacial score (nSPS) is 13.2. The van der Waals surface area contributed by atoms with E-state index in [1.165, 1.54) is 4.57 Å². The number of anilines is 1. The predicted octanol–water partition coefficient (Wildman–Crippen LogP) is 2.50. The number of rotatable bonds is 5. The Balaban J connectivity index is 1.89. The maximum atomic E-state index is 13.1. The number of hydrogen-bond acceptors (Lipinski definition) is 5. The van der Waals surface area contributed by atoms with E-state index in [2.05, 4.69) is 15.3 Å². The van der Waals surface area contributed by atoms with E-state index in [1.807, 2.05) is 13.0 Å². The van der Waals surface area contributed by atoms with Crippen molar-refractivity contribution >= 4 is 22.6 Å². The van der Waals surface area contributed by atoms with Crippen molar-refractivity contribution < 1.29 is 4.79 Å². The van der Waals surface area contributed by atoms with Crippen LogP contribution in [0, 0.1) is 11.3 Å². The van der Waals surface area contributed by atoms with Gasteiger partial charge in [0.05, 0.1) is 22.6 Å². The summed E-state index contributed by atoms with van der Waals surface area (Å²) >= 11 is 0. The van der Waals surface area contributed by atoms with Gasteiger partial charge in [-0.1, -0.05) is 13.0 Å². The highest BCUT2D eigenvalue weighted by molar-refractivity contribution is 6.11. The molecule has 29 heavy (non-hydrogen) atoms. The van der Waals surface area contributed by atoms with E-state index in [-0.39, 0.29) is 22.5 Å². The van der Waals surface area contributed by atoms with E-state index < -0.39 is 17.2 Å². The molecule has 1 saturated carbocycles. The van der Waals surface area contributed by atoms with Gasteiger partial charge in [0.15, 0.2) is 5.65 Å². The van der Waals surface area contributed by atoms with Gasteiger partial charge >= 0.3 is 5.69 Å². The van der Waals surface area contributed by atoms with Crippen molar-refractivity contribution in [3.05, 3.63) is 68.0 Å². The summed E-state index contributed by atoms with van der Waals surface area (Å²) in [5.41, 5.74) is 0.816. The Morgan fingerprint density at radius 3 is 2.83 bits per heavy atom. The van der Waals surface area contributed by atoms with Crippen LogP contribution in [0.15, 0.2) is 39.9 Å². The monoisotopic (exact) mass is 389 g/mol. The van der Waals surface area contributed by atoms with Crippen LogP contribution >= 0.6 is 0 Å². The second-order valence-electron chi connectivity index (χ2n) is 7.13. The van der Waals surface area contributed by atoms with Gasteiger partial charge in [-0.2, -0.15) is 5.26 Å². The van der Waals surface area contributed by atoms with Crippen LogP contribution in [0.5, 0.6) is 0 Å². The first kappa shape index (κ1) is 18.6. The maximum absolute atomic E-state index is 13.1. The third kappa shape index (κ3) is 3.55. The zero-order valence-corrected chi connectivity index (χ0v) is 15.9. The molecule has 0 radical (unpaired) electrons. The van der Waals surface area contributed by atoms with Gasteiger partial charge < -0.3 is 5.32 Å². The fraction of sp³-hybridized carbons (Fsp3) is 0.286. The molecule has 1 aliphatic rings. The minimum atomic E-state index is -0.636. The van der Waals surface area contributed by atoms with E-state index >= 15 is 0 Å². The molecule has 0 unspecified atom stereocenters. The van der Waals surface area contributed by atoms with Gasteiger partial charge in [-0.15, -0.1) is 0 Å². The molecule has 2 aromatic heterocycles. The first-order chi connectivity index (χ1) is 14.0. The number of aromatic nitrogens is 3. The molecular weight excluding hydrogens is 370 g/mol. The van der Waals surface area contributed by atoms with Gasteiger partial charge in [0.25, 0.3) is 11.5 Å². The molecule has 1 aliphatic carbocycles. The molecule has 3 aromatic rings. The van der Waals surface area contributed by atoms with Crippen LogP contribution in [0.1, 0.15) is 53.7 Å². The predicted molar refractivity (Wildman–Crippen MR) is 108 cm³/mol. The van der Waals surface area contributed by atoms with Gasteiger partial charge in [-0.05, 0) is 43.5 Å². The number of carbonyl (C=O) groups is 1. The molecule has 8 nitrogen and oxygen atoms in total. The molecule has 0 aliphatic heterocycles. The van der Waals surface area contributed by atoms with E-state index in [0.717, 1.165) is 12.8 Å². The molecule has 4 rings (SSSR count). The average Bonchev–Trinajstić information content (AvgIpc) is 3.55. The lowest BCUT2D eigenvalue weighted by molar-refractivity contribution is 0.102. The fourth-order valence-corrected chi connectivity index (χ4v) is 3.36. The molecule has 8 heteroatoms. The minimum Gasteiger partial charge on any atom is -0.322 e. The first-order valence-electron chi connectivity index (χ1n) is 9.51. The fourth-order valence-electron chi connectivity index (χ4n) is 3.36. The van der Waals surface area contributed by atoms with Crippen LogP contribution < -0.4 is 16.6 Å². The summed E-state index contributed by atoms with van der Waals surface area (Å²) in [7, 11) is 0. The molecule has 1 fully saturated rings. The van der Waals surface area contributed by atoms with Crippen LogP contribution in [0.3, 0.4) is 0 Å². The van der Waals surface area contributed by atoms with Crippen LogP contribution in [0.2, 0.25) is 0 Å². The molecule has 146 valence electrons. The van der Waals surface area contributed by atoms with Crippen molar-refractivity contribution in [3.8, 4) is 6.07 Å². The number of nitrogens with one attached hydrogen (secondary N) is 2. The molecule has 1 aromatic carbocycles. The Bertz CT molecular complexity index is 1280. The van der Waals surface area contributed by atoms with Crippen LogP contribution in [0.25, 0.3) is 11.0 Å². The summed E-state index contributed by atoms with van der Waals surface area (Å²) in [5, 5.41) is 11.9. The number of nitrogens with zero attached hydrogens (tertiary/aromatic N) is 3. The summed E-state index contributed by atoms with van der Waals surface area (Å²) in [6.07, 6.45) is 2.61. The third-order valence-electron chi connectivity index (χ3n) is 4.91. The van der Waals surface area contributed by atoms with E-state index in [0.29, 0.717) is 29.9 Å². The number of benzene rings is 1. The number of aryl methyl sites for hydroxylation is 1. The van der Waals surface area contributed by atoms with Gasteiger partial charge in [-0.3, -0.25) is 19.1 Å². The molecule has 1 amide bonds. The summed E-state index contributed by atoms with van der Waals surface area (Å²) in [6, 6.07) is 10.2. The standard InChI is InChI=1S/C21H19N5O3/c1-2-8-26-18-17(20(28)25-21(26)29)15(10-16(24-18)13-6-7-13)19(27)23-14-5-3-4-12(9-14)11-22/h3-5,9-10,13H,2,6-8H2,1H3,(H,23,27)(H,25,28,29). The smallest absolute Gasteiger partial charge is 0.322 e. The van der Waals surface area contributed by atoms with Crippen molar-refractivity contribution in [1.82, 2.24) is 14.5 Å². The molecule has 0 saturated heterocycles. The van der Waals surface area contributed by atoms with Crippen molar-refractivity contribution in [2.75, 3.05) is 5.32 Å². The molecule has 2 N–H and O–H groups in total. The lowest BCUT2D eigenvalue weighted by atomic mass is 10.1. The Kier molecular flexibility index (Phi) is 4.72. The summed E-state index contributed by atoms with van der Waals surface area (Å²) in [6.45, 7) is 2.31. The van der Waals surface area contributed by atoms with Crippen LogP contribution in [0.4, 0.5) is 5.69 Å². The van der Waals surface area contributed by atoms with Crippen molar-refractivity contribution in [2.45, 2.75) is 38.6 Å². The van der Waals surface area contributed by atoms with E-state index in [1.54, 1.807) is 30.3 Å². The first-order valence-corrected chi connectivity index (χ1v) is 9.51. The second kappa shape index (κ2) is 7.36. The van der Waals surface area contributed by atoms with Crippen LogP contribution in [-0.4, -0.2) is 20.4 Å². The summed E-state index contributed by atoms with van der Waals surface area (Å²) < 4.78 is 1.41. The number of aromatic amines is 1. The quantitative estimate of drug-likeness (QED) is 0.694. The molecule has 0 bridgehead atoms. The highest BCUT2D eigenvalue weighted by Crippen LogP contribution is 2.40. The van der Waals surface area contributed by atoms with Gasteiger partial charge in [0, 0.05) is 23.8 Å². The van der Waals surface area contributed by atoms with Crippen molar-refractivity contribution in [3.63, 3.8) is 0 Å².